The normalized spacial score (nSPS) is 26.8. The Balaban J connectivity index is 1.35. The minimum absolute atomic E-state index is 0.268. The molecule has 2 saturated heterocycles. The van der Waals surface area contributed by atoms with Crippen molar-refractivity contribution in [2.75, 3.05) is 52.4 Å². The number of hydrogen-bond donors (Lipinski definition) is 1. The third-order valence-electron chi connectivity index (χ3n) is 6.20. The fraction of sp³-hybridized carbons (Fsp3) is 0.947. The third-order valence-corrected chi connectivity index (χ3v) is 6.20. The topological polar surface area (TPSA) is 47.0 Å². The predicted molar refractivity (Wildman–Crippen MR) is 95.8 cm³/mol. The van der Waals surface area contributed by atoms with E-state index in [0.717, 1.165) is 71.1 Å². The van der Waals surface area contributed by atoms with Gasteiger partial charge in [-0.05, 0) is 44.7 Å². The van der Waals surface area contributed by atoms with Gasteiger partial charge in [-0.15, -0.1) is 0 Å². The Labute approximate surface area is 147 Å². The van der Waals surface area contributed by atoms with E-state index in [4.69, 9.17) is 0 Å². The number of aliphatic hydroxyl groups is 1. The molecule has 1 amide bonds. The molecule has 5 heteroatoms. The second-order valence-corrected chi connectivity index (χ2v) is 8.24. The summed E-state index contributed by atoms with van der Waals surface area (Å²) in [4.78, 5) is 19.3. The molecule has 5 nitrogen and oxygen atoms in total. The van der Waals surface area contributed by atoms with Crippen LogP contribution in [0.4, 0.5) is 0 Å². The average molecular weight is 338 g/mol. The zero-order chi connectivity index (χ0) is 16.9. The van der Waals surface area contributed by atoms with Crippen LogP contribution in [0.5, 0.6) is 0 Å². The molecule has 3 fully saturated rings. The minimum Gasteiger partial charge on any atom is -0.390 e. The second-order valence-electron chi connectivity index (χ2n) is 8.24. The van der Waals surface area contributed by atoms with E-state index in [9.17, 15) is 9.90 Å². The Bertz CT molecular complexity index is 395. The van der Waals surface area contributed by atoms with Gasteiger partial charge in [0.1, 0.15) is 0 Å². The monoisotopic (exact) mass is 337 g/mol. The number of likely N-dealkylation sites (tertiary alicyclic amines) is 1. The zero-order valence-corrected chi connectivity index (χ0v) is 15.3. The summed E-state index contributed by atoms with van der Waals surface area (Å²) in [5, 5.41) is 10.4. The number of carbonyl (C=O) groups is 1. The van der Waals surface area contributed by atoms with Gasteiger partial charge in [-0.1, -0.05) is 19.8 Å². The van der Waals surface area contributed by atoms with Gasteiger partial charge in [-0.25, -0.2) is 0 Å². The Kier molecular flexibility index (Phi) is 6.53. The van der Waals surface area contributed by atoms with Gasteiger partial charge >= 0.3 is 0 Å². The number of β-amino-alcohol motifs (C(OH)–C–C–N with tert-alkyl or cyclic N) is 1. The van der Waals surface area contributed by atoms with Crippen molar-refractivity contribution in [3.63, 3.8) is 0 Å². The molecule has 0 aromatic rings. The van der Waals surface area contributed by atoms with Crippen LogP contribution in [0.15, 0.2) is 0 Å². The highest BCUT2D eigenvalue weighted by Crippen LogP contribution is 2.27. The fourth-order valence-corrected chi connectivity index (χ4v) is 4.48. The molecule has 1 N–H and O–H groups in total. The van der Waals surface area contributed by atoms with Crippen molar-refractivity contribution in [1.29, 1.82) is 0 Å². The van der Waals surface area contributed by atoms with E-state index in [0.29, 0.717) is 11.8 Å². The van der Waals surface area contributed by atoms with Crippen molar-refractivity contribution in [3.8, 4) is 0 Å². The number of carbonyl (C=O) groups excluding carboxylic acids is 1. The predicted octanol–water partition coefficient (Wildman–Crippen LogP) is 1.41. The molecular formula is C19H35N3O2. The molecule has 1 unspecified atom stereocenters. The Morgan fingerprint density at radius 2 is 1.46 bits per heavy atom. The Morgan fingerprint density at radius 3 is 2.04 bits per heavy atom. The van der Waals surface area contributed by atoms with Crippen LogP contribution in [-0.4, -0.2) is 84.2 Å². The van der Waals surface area contributed by atoms with Crippen LogP contribution in [0.3, 0.4) is 0 Å². The van der Waals surface area contributed by atoms with E-state index in [1.54, 1.807) is 0 Å². The van der Waals surface area contributed by atoms with Crippen molar-refractivity contribution < 1.29 is 9.90 Å². The first kappa shape index (κ1) is 18.2. The number of piperidine rings is 1. The smallest absolute Gasteiger partial charge is 0.225 e. The number of nitrogens with zero attached hydrogens (tertiary/aromatic N) is 3. The van der Waals surface area contributed by atoms with E-state index in [1.807, 2.05) is 0 Å². The van der Waals surface area contributed by atoms with Crippen LogP contribution >= 0.6 is 0 Å². The lowest BCUT2D eigenvalue weighted by Crippen LogP contribution is -2.52. The summed E-state index contributed by atoms with van der Waals surface area (Å²) in [6, 6.07) is 0. The molecule has 0 bridgehead atoms. The van der Waals surface area contributed by atoms with Crippen LogP contribution in [0.25, 0.3) is 0 Å². The van der Waals surface area contributed by atoms with E-state index in [-0.39, 0.29) is 6.10 Å². The number of aliphatic hydroxyl groups excluding tert-OH is 1. The first-order chi connectivity index (χ1) is 11.6. The Morgan fingerprint density at radius 1 is 0.917 bits per heavy atom. The molecule has 2 heterocycles. The highest BCUT2D eigenvalue weighted by atomic mass is 16.3. The molecule has 0 spiro atoms. The minimum atomic E-state index is -0.268. The molecule has 0 aromatic carbocycles. The van der Waals surface area contributed by atoms with Gasteiger partial charge < -0.3 is 14.9 Å². The first-order valence-corrected chi connectivity index (χ1v) is 10.0. The van der Waals surface area contributed by atoms with Gasteiger partial charge in [0.25, 0.3) is 0 Å². The molecule has 3 rings (SSSR count). The highest BCUT2D eigenvalue weighted by Gasteiger charge is 2.30. The maximum Gasteiger partial charge on any atom is 0.225 e. The quantitative estimate of drug-likeness (QED) is 0.824. The SMILES string of the molecule is CC1CCN(CC(O)CN2CCN(C(=O)C3CCCC3)CC2)CC1. The molecule has 138 valence electrons. The summed E-state index contributed by atoms with van der Waals surface area (Å²) in [6.45, 7) is 9.61. The van der Waals surface area contributed by atoms with Gasteiger partial charge in [0, 0.05) is 45.2 Å². The zero-order valence-electron chi connectivity index (χ0n) is 15.3. The molecule has 24 heavy (non-hydrogen) atoms. The number of piperazine rings is 1. The number of amides is 1. The van der Waals surface area contributed by atoms with Crippen molar-refractivity contribution in [2.24, 2.45) is 11.8 Å². The lowest BCUT2D eigenvalue weighted by molar-refractivity contribution is -0.137. The largest absolute Gasteiger partial charge is 0.390 e. The molecule has 1 atom stereocenters. The molecular weight excluding hydrogens is 302 g/mol. The van der Waals surface area contributed by atoms with Gasteiger partial charge in [-0.3, -0.25) is 9.69 Å². The van der Waals surface area contributed by atoms with Crippen LogP contribution in [0.1, 0.15) is 45.4 Å². The molecule has 1 aliphatic carbocycles. The van der Waals surface area contributed by atoms with Gasteiger partial charge in [0.2, 0.25) is 5.91 Å². The summed E-state index contributed by atoms with van der Waals surface area (Å²) in [7, 11) is 0. The highest BCUT2D eigenvalue weighted by molar-refractivity contribution is 5.79. The molecule has 1 saturated carbocycles. The fourth-order valence-electron chi connectivity index (χ4n) is 4.48. The van der Waals surface area contributed by atoms with E-state index in [2.05, 4.69) is 21.6 Å². The number of hydrogen-bond acceptors (Lipinski definition) is 4. The molecule has 3 aliphatic rings. The summed E-state index contributed by atoms with van der Waals surface area (Å²) in [5.41, 5.74) is 0. The summed E-state index contributed by atoms with van der Waals surface area (Å²) >= 11 is 0. The van der Waals surface area contributed by atoms with Gasteiger partial charge in [0.15, 0.2) is 0 Å². The lowest BCUT2D eigenvalue weighted by atomic mass is 9.99. The maximum atomic E-state index is 12.5. The van der Waals surface area contributed by atoms with Crippen LogP contribution in [0.2, 0.25) is 0 Å². The standard InChI is InChI=1S/C19H35N3O2/c1-16-6-8-20(9-7-16)14-18(23)15-21-10-12-22(13-11-21)19(24)17-4-2-3-5-17/h16-18,23H,2-15H2,1H3. The summed E-state index contributed by atoms with van der Waals surface area (Å²) in [6.07, 6.45) is 6.87. The van der Waals surface area contributed by atoms with E-state index < -0.39 is 0 Å². The first-order valence-electron chi connectivity index (χ1n) is 10.0. The van der Waals surface area contributed by atoms with Gasteiger partial charge in [-0.2, -0.15) is 0 Å². The molecule has 2 aliphatic heterocycles. The summed E-state index contributed by atoms with van der Waals surface area (Å²) in [5.74, 6) is 1.52. The van der Waals surface area contributed by atoms with Crippen LogP contribution in [0, 0.1) is 11.8 Å². The van der Waals surface area contributed by atoms with Crippen molar-refractivity contribution in [2.45, 2.75) is 51.6 Å². The molecule has 0 radical (unpaired) electrons. The average Bonchev–Trinajstić information content (AvgIpc) is 3.11. The van der Waals surface area contributed by atoms with Crippen molar-refractivity contribution in [3.05, 3.63) is 0 Å². The number of rotatable bonds is 5. The maximum absolute atomic E-state index is 12.5. The van der Waals surface area contributed by atoms with E-state index in [1.165, 1.54) is 25.7 Å². The molecule has 0 aromatic heterocycles. The second kappa shape index (κ2) is 8.63. The van der Waals surface area contributed by atoms with Crippen molar-refractivity contribution >= 4 is 5.91 Å². The van der Waals surface area contributed by atoms with Crippen molar-refractivity contribution in [1.82, 2.24) is 14.7 Å². The third kappa shape index (κ3) is 4.93. The van der Waals surface area contributed by atoms with Crippen LogP contribution in [-0.2, 0) is 4.79 Å². The Hall–Kier alpha value is -0.650. The lowest BCUT2D eigenvalue weighted by Gasteiger charge is -2.38. The summed E-state index contributed by atoms with van der Waals surface area (Å²) < 4.78 is 0. The van der Waals surface area contributed by atoms with Gasteiger partial charge in [0.05, 0.1) is 6.10 Å². The van der Waals surface area contributed by atoms with E-state index >= 15 is 0 Å². The van der Waals surface area contributed by atoms with Crippen LogP contribution < -0.4 is 0 Å².